The van der Waals surface area contributed by atoms with Gasteiger partial charge in [-0.1, -0.05) is 53.2 Å². The molecule has 0 bridgehead atoms. The Morgan fingerprint density at radius 1 is 0.738 bits per heavy atom. The molecule has 0 spiro atoms. The molecular weight excluding hydrogens is 882 g/mol. The molecule has 65 heavy (non-hydrogen) atoms. The highest BCUT2D eigenvalue weighted by molar-refractivity contribution is 7.16. The minimum absolute atomic E-state index is 0.267. The number of hydrogen-bond donors (Lipinski definition) is 3. The predicted octanol–water partition coefficient (Wildman–Crippen LogP) is 8.82. The fourth-order valence-electron chi connectivity index (χ4n) is 7.32. The van der Waals surface area contributed by atoms with Crippen LogP contribution < -0.4 is 20.5 Å². The lowest BCUT2D eigenvalue weighted by atomic mass is 10.1. The summed E-state index contributed by atoms with van der Waals surface area (Å²) in [6.45, 7) is 5.76. The molecule has 9 aromatic rings. The number of rotatable bonds is 16. The average Bonchev–Trinajstić information content (AvgIpc) is 4.18. The second-order valence-corrected chi connectivity index (χ2v) is 17.4. The number of nitrogens with one attached hydrogen (secondary N) is 3. The molecule has 0 unspecified atom stereocenters. The van der Waals surface area contributed by atoms with Crippen molar-refractivity contribution in [1.82, 2.24) is 33.8 Å². The van der Waals surface area contributed by atoms with Gasteiger partial charge in [-0.15, -0.1) is 11.3 Å². The number of amides is 3. The van der Waals surface area contributed by atoms with Crippen LogP contribution in [0.25, 0.3) is 11.3 Å². The van der Waals surface area contributed by atoms with Crippen molar-refractivity contribution in [3.05, 3.63) is 189 Å². The van der Waals surface area contributed by atoms with Crippen LogP contribution in [0.1, 0.15) is 71.4 Å². The molecule has 3 N–H and O–H groups in total. The number of halogens is 1. The number of carbonyl (C=O) groups is 3. The first-order valence-corrected chi connectivity index (χ1v) is 22.7. The quantitative estimate of drug-likeness (QED) is 0.0808. The van der Waals surface area contributed by atoms with Crippen molar-refractivity contribution in [3.8, 4) is 11.3 Å². The number of anilines is 3. The number of hydrogen-bond acceptors (Lipinski definition) is 10. The smallest absolute Gasteiger partial charge is 0.274 e. The number of aryl methyl sites for hydroxylation is 2. The molecule has 0 atom stereocenters. The second-order valence-electron chi connectivity index (χ2n) is 15.0. The number of carbonyl (C=O) groups excluding carboxylic acids is 3. The lowest BCUT2D eigenvalue weighted by Gasteiger charge is -2.12. The summed E-state index contributed by atoms with van der Waals surface area (Å²) in [6, 6.07) is 26.1. The Kier molecular flexibility index (Phi) is 12.6. The molecule has 15 nitrogen and oxygen atoms in total. The van der Waals surface area contributed by atoms with Crippen LogP contribution in [0.4, 0.5) is 16.1 Å². The van der Waals surface area contributed by atoms with E-state index in [1.54, 1.807) is 43.6 Å². The molecule has 18 heteroatoms. The van der Waals surface area contributed by atoms with Gasteiger partial charge in [0.05, 0.1) is 21.3 Å². The van der Waals surface area contributed by atoms with Crippen LogP contribution in [0, 0.1) is 6.92 Å². The normalized spacial score (nSPS) is 11.2. The van der Waals surface area contributed by atoms with E-state index in [2.05, 4.69) is 30.7 Å². The molecule has 0 aliphatic heterocycles. The maximum atomic E-state index is 13.8. The SMILES string of the molecule is CCc1nc(NC(=O)c2cccn2Cc2cccc(-c3csc(NC(=O)c4cccn4Cc4ccncc4)n3)c2Cl)sc1C[n+]1ccc(Cn2cccc2C(=O)Nc2cc(C)on2)cc1. The van der Waals surface area contributed by atoms with E-state index in [0.29, 0.717) is 87.8 Å². The Morgan fingerprint density at radius 3 is 1.98 bits per heavy atom. The first-order valence-electron chi connectivity index (χ1n) is 20.6. The minimum atomic E-state index is -0.289. The van der Waals surface area contributed by atoms with Crippen molar-refractivity contribution in [1.29, 1.82) is 0 Å². The van der Waals surface area contributed by atoms with E-state index in [4.69, 9.17) is 26.1 Å². The van der Waals surface area contributed by atoms with Crippen LogP contribution in [0.15, 0.2) is 138 Å². The lowest BCUT2D eigenvalue weighted by molar-refractivity contribution is -0.688. The number of benzene rings is 1. The molecule has 0 radical (unpaired) electrons. The van der Waals surface area contributed by atoms with Gasteiger partial charge in [0.1, 0.15) is 22.8 Å². The largest absolute Gasteiger partial charge is 0.360 e. The predicted molar refractivity (Wildman–Crippen MR) is 250 cm³/mol. The fraction of sp³-hybridized carbons (Fsp3) is 0.149. The van der Waals surface area contributed by atoms with Gasteiger partial charge in [-0.25, -0.2) is 9.97 Å². The third kappa shape index (κ3) is 9.87. The first kappa shape index (κ1) is 42.8. The third-order valence-electron chi connectivity index (χ3n) is 10.6. The summed E-state index contributed by atoms with van der Waals surface area (Å²) in [5.74, 6) is 0.151. The fourth-order valence-corrected chi connectivity index (χ4v) is 9.37. The van der Waals surface area contributed by atoms with Crippen LogP contribution in [0.5, 0.6) is 0 Å². The van der Waals surface area contributed by atoms with Crippen molar-refractivity contribution in [2.45, 2.75) is 46.4 Å². The van der Waals surface area contributed by atoms with E-state index in [0.717, 1.165) is 27.3 Å². The zero-order chi connectivity index (χ0) is 44.9. The van der Waals surface area contributed by atoms with Gasteiger partial charge in [0.25, 0.3) is 17.7 Å². The Hall–Kier alpha value is -7.47. The van der Waals surface area contributed by atoms with E-state index in [1.165, 1.54) is 22.7 Å². The molecule has 0 saturated heterocycles. The molecule has 1 aromatic carbocycles. The highest BCUT2D eigenvalue weighted by Gasteiger charge is 2.21. The number of thiazole rings is 2. The van der Waals surface area contributed by atoms with Gasteiger partial charge in [-0.2, -0.15) is 4.57 Å². The minimum Gasteiger partial charge on any atom is -0.360 e. The number of nitrogens with zero attached hydrogens (tertiary/aromatic N) is 8. The van der Waals surface area contributed by atoms with Crippen LogP contribution in [0.2, 0.25) is 5.02 Å². The summed E-state index contributed by atoms with van der Waals surface area (Å²) in [7, 11) is 0. The lowest BCUT2D eigenvalue weighted by Crippen LogP contribution is -2.33. The standard InChI is InChI=1S/C47H40ClN11O4S2/c1-3-35-40(28-56-22-15-32(16-23-56)26-58-20-5-10-37(58)43(60)52-41-24-30(2)63-55-41)65-47(50-35)54-45(62)39-12-7-21-59(39)27-33-8-4-9-34(42(33)48)36-29-64-46(51-36)53-44(61)38-11-6-19-57(38)25-31-13-17-49-18-14-31/h4-24,29H,3,25-28H2,1-2H3,(H2-,50,51,52,53,54,55,60,61,62)/p+1. The molecule has 3 amide bonds. The van der Waals surface area contributed by atoms with Gasteiger partial charge >= 0.3 is 0 Å². The van der Waals surface area contributed by atoms with Crippen molar-refractivity contribution in [2.24, 2.45) is 0 Å². The van der Waals surface area contributed by atoms with Gasteiger partial charge in [0, 0.05) is 79.8 Å². The van der Waals surface area contributed by atoms with Crippen LogP contribution in [0.3, 0.4) is 0 Å². The van der Waals surface area contributed by atoms with Crippen molar-refractivity contribution in [2.75, 3.05) is 16.0 Å². The maximum Gasteiger partial charge on any atom is 0.274 e. The highest BCUT2D eigenvalue weighted by Crippen LogP contribution is 2.34. The van der Waals surface area contributed by atoms with E-state index < -0.39 is 0 Å². The van der Waals surface area contributed by atoms with Crippen molar-refractivity contribution in [3.63, 3.8) is 0 Å². The average molecular weight is 924 g/mol. The van der Waals surface area contributed by atoms with Crippen molar-refractivity contribution >= 4 is 68.1 Å². The summed E-state index contributed by atoms with van der Waals surface area (Å²) in [6.07, 6.45) is 13.7. The second kappa shape index (κ2) is 19.1. The topological polar surface area (TPSA) is 171 Å². The summed E-state index contributed by atoms with van der Waals surface area (Å²) >= 11 is 9.79. The van der Waals surface area contributed by atoms with E-state index >= 15 is 0 Å². The number of pyridine rings is 2. The van der Waals surface area contributed by atoms with Gasteiger partial charge in [-0.05, 0) is 78.6 Å². The zero-order valence-electron chi connectivity index (χ0n) is 35.1. The monoisotopic (exact) mass is 922 g/mol. The van der Waals surface area contributed by atoms with Crippen LogP contribution in [-0.2, 0) is 32.6 Å². The van der Waals surface area contributed by atoms with E-state index in [1.807, 2.05) is 118 Å². The van der Waals surface area contributed by atoms with Crippen molar-refractivity contribution < 1.29 is 23.5 Å². The highest BCUT2D eigenvalue weighted by atomic mass is 35.5. The van der Waals surface area contributed by atoms with E-state index in [9.17, 15) is 14.4 Å². The molecule has 326 valence electrons. The van der Waals surface area contributed by atoms with Crippen LogP contribution in [-0.4, -0.2) is 51.5 Å². The van der Waals surface area contributed by atoms with Gasteiger partial charge in [0.15, 0.2) is 35.0 Å². The van der Waals surface area contributed by atoms with E-state index in [-0.39, 0.29) is 17.7 Å². The molecule has 9 rings (SSSR count). The maximum absolute atomic E-state index is 13.8. The Bertz CT molecular complexity index is 3130. The Labute approximate surface area is 386 Å². The Morgan fingerprint density at radius 2 is 1.35 bits per heavy atom. The zero-order valence-corrected chi connectivity index (χ0v) is 37.5. The summed E-state index contributed by atoms with van der Waals surface area (Å²) in [4.78, 5) is 54.6. The third-order valence-corrected chi connectivity index (χ3v) is 12.8. The molecule has 0 saturated carbocycles. The molecule has 8 heterocycles. The molecule has 8 aromatic heterocycles. The first-order chi connectivity index (χ1) is 31.7. The Balaban J connectivity index is 0.821. The van der Waals surface area contributed by atoms with Crippen LogP contribution >= 0.6 is 34.3 Å². The van der Waals surface area contributed by atoms with Gasteiger partial charge in [0.2, 0.25) is 0 Å². The molecule has 0 aliphatic rings. The summed E-state index contributed by atoms with van der Waals surface area (Å²) in [5.41, 5.74) is 6.57. The van der Waals surface area contributed by atoms with Gasteiger partial charge in [-0.3, -0.25) is 30.0 Å². The summed E-state index contributed by atoms with van der Waals surface area (Å²) < 4.78 is 12.7. The molecular formula is C47H41ClN11O4S2+. The molecule has 0 fully saturated rings. The summed E-state index contributed by atoms with van der Waals surface area (Å²) in [5, 5.41) is 15.9. The number of aromatic nitrogens is 8. The van der Waals surface area contributed by atoms with Gasteiger partial charge < -0.3 is 23.5 Å². The molecule has 0 aliphatic carbocycles.